The van der Waals surface area contributed by atoms with Gasteiger partial charge in [0.25, 0.3) is 0 Å². The Morgan fingerprint density at radius 2 is 1.68 bits per heavy atom. The molecule has 1 unspecified atom stereocenters. The number of hydrogen-bond acceptors (Lipinski definition) is 3. The van der Waals surface area contributed by atoms with E-state index in [9.17, 15) is 0 Å². The van der Waals surface area contributed by atoms with Gasteiger partial charge in [0.15, 0.2) is 0 Å². The van der Waals surface area contributed by atoms with Gasteiger partial charge in [-0.3, -0.25) is 4.98 Å². The molecule has 3 heteroatoms. The van der Waals surface area contributed by atoms with Gasteiger partial charge in [0.05, 0.1) is 0 Å². The van der Waals surface area contributed by atoms with Crippen molar-refractivity contribution >= 4 is 0 Å². The van der Waals surface area contributed by atoms with E-state index in [0.29, 0.717) is 6.61 Å². The maximum atomic E-state index is 5.84. The number of aryl methyl sites for hydroxylation is 1. The fourth-order valence-electron chi connectivity index (χ4n) is 2.59. The van der Waals surface area contributed by atoms with E-state index in [0.717, 1.165) is 18.0 Å². The molecule has 0 radical (unpaired) electrons. The Morgan fingerprint density at radius 3 is 2.36 bits per heavy atom. The molecular formula is C22H24N2O. The SMILES string of the molecule is Cc1ccc(CNC(C)c2ccc(OCc3ccccc3)cc2)cn1. The van der Waals surface area contributed by atoms with Crippen LogP contribution in [0.15, 0.2) is 72.9 Å². The van der Waals surface area contributed by atoms with Crippen molar-refractivity contribution in [3.05, 3.63) is 95.3 Å². The maximum Gasteiger partial charge on any atom is 0.119 e. The summed E-state index contributed by atoms with van der Waals surface area (Å²) in [7, 11) is 0. The average Bonchev–Trinajstić information content (AvgIpc) is 2.67. The molecule has 1 N–H and O–H groups in total. The van der Waals surface area contributed by atoms with Crippen LogP contribution in [0.25, 0.3) is 0 Å². The van der Waals surface area contributed by atoms with E-state index in [1.165, 1.54) is 16.7 Å². The van der Waals surface area contributed by atoms with Gasteiger partial charge in [0.1, 0.15) is 12.4 Å². The number of aromatic nitrogens is 1. The van der Waals surface area contributed by atoms with Crippen molar-refractivity contribution in [1.29, 1.82) is 0 Å². The largest absolute Gasteiger partial charge is 0.489 e. The molecule has 25 heavy (non-hydrogen) atoms. The first kappa shape index (κ1) is 17.2. The van der Waals surface area contributed by atoms with Gasteiger partial charge < -0.3 is 10.1 Å². The van der Waals surface area contributed by atoms with Gasteiger partial charge in [0.2, 0.25) is 0 Å². The molecule has 3 rings (SSSR count). The van der Waals surface area contributed by atoms with Crippen LogP contribution < -0.4 is 10.1 Å². The lowest BCUT2D eigenvalue weighted by Crippen LogP contribution is -2.18. The first-order chi connectivity index (χ1) is 12.2. The van der Waals surface area contributed by atoms with Gasteiger partial charge >= 0.3 is 0 Å². The zero-order chi connectivity index (χ0) is 17.5. The van der Waals surface area contributed by atoms with Crippen molar-refractivity contribution in [3.8, 4) is 5.75 Å². The second-order valence-electron chi connectivity index (χ2n) is 6.25. The zero-order valence-electron chi connectivity index (χ0n) is 14.8. The number of ether oxygens (including phenoxy) is 1. The van der Waals surface area contributed by atoms with Crippen LogP contribution in [0.5, 0.6) is 5.75 Å². The monoisotopic (exact) mass is 332 g/mol. The molecule has 128 valence electrons. The molecule has 0 aliphatic carbocycles. The van der Waals surface area contributed by atoms with Gasteiger partial charge in [-0.05, 0) is 48.7 Å². The third-order valence-electron chi connectivity index (χ3n) is 4.21. The van der Waals surface area contributed by atoms with E-state index < -0.39 is 0 Å². The molecule has 1 aromatic heterocycles. The van der Waals surface area contributed by atoms with Crippen LogP contribution in [-0.2, 0) is 13.2 Å². The average molecular weight is 332 g/mol. The Balaban J connectivity index is 1.51. The van der Waals surface area contributed by atoms with E-state index in [2.05, 4.69) is 47.6 Å². The summed E-state index contributed by atoms with van der Waals surface area (Å²) in [6.07, 6.45) is 1.93. The first-order valence-corrected chi connectivity index (χ1v) is 8.62. The molecule has 3 nitrogen and oxygen atoms in total. The Morgan fingerprint density at radius 1 is 0.920 bits per heavy atom. The van der Waals surface area contributed by atoms with Crippen LogP contribution in [0.2, 0.25) is 0 Å². The van der Waals surface area contributed by atoms with Gasteiger partial charge in [-0.25, -0.2) is 0 Å². The van der Waals surface area contributed by atoms with Gasteiger partial charge in [-0.15, -0.1) is 0 Å². The molecule has 0 saturated carbocycles. The summed E-state index contributed by atoms with van der Waals surface area (Å²) in [6.45, 7) is 5.57. The number of nitrogens with one attached hydrogen (secondary N) is 1. The maximum absolute atomic E-state index is 5.84. The highest BCUT2D eigenvalue weighted by Crippen LogP contribution is 2.19. The summed E-state index contributed by atoms with van der Waals surface area (Å²) in [5.41, 5.74) is 4.66. The van der Waals surface area contributed by atoms with Crippen LogP contribution in [0.1, 0.15) is 35.3 Å². The molecule has 0 spiro atoms. The molecule has 1 atom stereocenters. The lowest BCUT2D eigenvalue weighted by atomic mass is 10.1. The predicted octanol–water partition coefficient (Wildman–Crippen LogP) is 4.82. The number of rotatable bonds is 7. The lowest BCUT2D eigenvalue weighted by molar-refractivity contribution is 0.306. The Labute approximate surface area is 149 Å². The van der Waals surface area contributed by atoms with E-state index in [1.807, 2.05) is 49.5 Å². The molecule has 0 amide bonds. The second kappa shape index (κ2) is 8.45. The standard InChI is InChI=1S/C22H24N2O/c1-17-8-9-20(14-23-17)15-24-18(2)21-10-12-22(13-11-21)25-16-19-6-4-3-5-7-19/h3-14,18,24H,15-16H2,1-2H3. The van der Waals surface area contributed by atoms with Crippen molar-refractivity contribution in [3.63, 3.8) is 0 Å². The fourth-order valence-corrected chi connectivity index (χ4v) is 2.59. The summed E-state index contributed by atoms with van der Waals surface area (Å²) < 4.78 is 5.84. The van der Waals surface area contributed by atoms with Gasteiger partial charge in [-0.2, -0.15) is 0 Å². The predicted molar refractivity (Wildman–Crippen MR) is 101 cm³/mol. The highest BCUT2D eigenvalue weighted by molar-refractivity contribution is 5.29. The zero-order valence-corrected chi connectivity index (χ0v) is 14.8. The molecule has 0 bridgehead atoms. The van der Waals surface area contributed by atoms with E-state index in [1.54, 1.807) is 0 Å². The Kier molecular flexibility index (Phi) is 5.81. The van der Waals surface area contributed by atoms with Crippen molar-refractivity contribution in [2.45, 2.75) is 33.0 Å². The minimum Gasteiger partial charge on any atom is -0.489 e. The minimum absolute atomic E-state index is 0.268. The second-order valence-corrected chi connectivity index (χ2v) is 6.25. The minimum atomic E-state index is 0.268. The van der Waals surface area contributed by atoms with E-state index >= 15 is 0 Å². The van der Waals surface area contributed by atoms with E-state index in [-0.39, 0.29) is 6.04 Å². The summed E-state index contributed by atoms with van der Waals surface area (Å²) >= 11 is 0. The van der Waals surface area contributed by atoms with Crippen molar-refractivity contribution in [1.82, 2.24) is 10.3 Å². The smallest absolute Gasteiger partial charge is 0.119 e. The van der Waals surface area contributed by atoms with Gasteiger partial charge in [-0.1, -0.05) is 48.5 Å². The van der Waals surface area contributed by atoms with Crippen molar-refractivity contribution in [2.75, 3.05) is 0 Å². The Bertz CT molecular complexity index is 767. The number of benzene rings is 2. The van der Waals surface area contributed by atoms with E-state index in [4.69, 9.17) is 4.74 Å². The molecule has 0 saturated heterocycles. The highest BCUT2D eigenvalue weighted by atomic mass is 16.5. The summed E-state index contributed by atoms with van der Waals surface area (Å²) in [5.74, 6) is 0.891. The molecule has 3 aromatic rings. The van der Waals surface area contributed by atoms with Gasteiger partial charge in [0, 0.05) is 24.5 Å². The van der Waals surface area contributed by atoms with Crippen LogP contribution in [0, 0.1) is 6.92 Å². The lowest BCUT2D eigenvalue weighted by Gasteiger charge is -2.15. The molecule has 1 heterocycles. The first-order valence-electron chi connectivity index (χ1n) is 8.62. The van der Waals surface area contributed by atoms with Crippen LogP contribution in [0.4, 0.5) is 0 Å². The van der Waals surface area contributed by atoms with Crippen LogP contribution in [0.3, 0.4) is 0 Å². The highest BCUT2D eigenvalue weighted by Gasteiger charge is 2.05. The third kappa shape index (κ3) is 5.16. The van der Waals surface area contributed by atoms with Crippen LogP contribution >= 0.6 is 0 Å². The topological polar surface area (TPSA) is 34.1 Å². The molecule has 0 fully saturated rings. The summed E-state index contributed by atoms with van der Waals surface area (Å²) in [5, 5.41) is 3.53. The number of pyridine rings is 1. The quantitative estimate of drug-likeness (QED) is 0.673. The summed E-state index contributed by atoms with van der Waals surface area (Å²) in [4.78, 5) is 4.33. The van der Waals surface area contributed by atoms with Crippen LogP contribution in [-0.4, -0.2) is 4.98 Å². The summed E-state index contributed by atoms with van der Waals surface area (Å²) in [6, 6.07) is 22.9. The van der Waals surface area contributed by atoms with Crippen molar-refractivity contribution in [2.24, 2.45) is 0 Å². The Hall–Kier alpha value is -2.65. The number of nitrogens with zero attached hydrogens (tertiary/aromatic N) is 1. The normalized spacial score (nSPS) is 11.9. The molecule has 0 aliphatic heterocycles. The number of hydrogen-bond donors (Lipinski definition) is 1. The molecule has 2 aromatic carbocycles. The fraction of sp³-hybridized carbons (Fsp3) is 0.227. The van der Waals surface area contributed by atoms with Crippen molar-refractivity contribution < 1.29 is 4.74 Å². The third-order valence-corrected chi connectivity index (χ3v) is 4.21. The molecule has 0 aliphatic rings. The molecular weight excluding hydrogens is 308 g/mol.